The van der Waals surface area contributed by atoms with Crippen LogP contribution in [0.1, 0.15) is 108 Å². The Bertz CT molecular complexity index is 3050. The van der Waals surface area contributed by atoms with Gasteiger partial charge in [0, 0.05) is 16.7 Å². The van der Waals surface area contributed by atoms with Gasteiger partial charge in [-0.3, -0.25) is 0 Å². The number of rotatable bonds is 5. The molecule has 3 nitrogen and oxygen atoms in total. The van der Waals surface area contributed by atoms with Crippen molar-refractivity contribution in [1.29, 1.82) is 0 Å². The number of allylic oxidation sites excluding steroid dienone is 4. The van der Waals surface area contributed by atoms with Crippen molar-refractivity contribution in [1.82, 2.24) is 15.0 Å². The molecular formula is C60H57N3. The number of aromatic nitrogens is 3. The van der Waals surface area contributed by atoms with E-state index in [1.54, 1.807) is 0 Å². The first kappa shape index (κ1) is 41.6. The number of fused-ring (bicyclic) bond motifs is 11. The predicted molar refractivity (Wildman–Crippen MR) is 267 cm³/mol. The van der Waals surface area contributed by atoms with Crippen molar-refractivity contribution in [2.45, 2.75) is 85.5 Å². The summed E-state index contributed by atoms with van der Waals surface area (Å²) in [6.07, 6.45) is 6.15. The highest BCUT2D eigenvalue weighted by Crippen LogP contribution is 2.65. The first-order valence-electron chi connectivity index (χ1n) is 22.6. The first-order valence-corrected chi connectivity index (χ1v) is 22.6. The number of hydrogen-bond donors (Lipinski definition) is 0. The second-order valence-electron chi connectivity index (χ2n) is 18.7. The normalized spacial score (nSPS) is 13.7. The van der Waals surface area contributed by atoms with Crippen LogP contribution in [0.4, 0.5) is 0 Å². The fraction of sp³-hybridized carbons (Fsp3) is 0.217. The van der Waals surface area contributed by atoms with Crippen LogP contribution in [-0.4, -0.2) is 15.0 Å². The zero-order valence-corrected chi connectivity index (χ0v) is 38.4. The van der Waals surface area contributed by atoms with Crippen LogP contribution in [0, 0.1) is 0 Å². The SMILES string of the molecule is C/C=C\C(=C/C)c1nc(-c2ccccc2)nc(-c2cccc3c(-c4cccc5c4-c4ccccc4C54c5cc(C(C)(C)C)ccc5-c5ccc(C(C)(C)C)cc54)cccc23)n1.CC. The topological polar surface area (TPSA) is 38.7 Å². The van der Waals surface area contributed by atoms with Crippen LogP contribution in [0.3, 0.4) is 0 Å². The quantitative estimate of drug-likeness (QED) is 0.162. The van der Waals surface area contributed by atoms with Gasteiger partial charge in [0.1, 0.15) is 0 Å². The molecule has 0 N–H and O–H groups in total. The summed E-state index contributed by atoms with van der Waals surface area (Å²) in [5.74, 6) is 1.96. The second kappa shape index (κ2) is 15.9. The molecule has 0 amide bonds. The molecule has 312 valence electrons. The largest absolute Gasteiger partial charge is 0.208 e. The van der Waals surface area contributed by atoms with Crippen LogP contribution >= 0.6 is 0 Å². The van der Waals surface area contributed by atoms with Gasteiger partial charge in [-0.2, -0.15) is 0 Å². The van der Waals surface area contributed by atoms with Gasteiger partial charge < -0.3 is 0 Å². The van der Waals surface area contributed by atoms with Crippen LogP contribution in [0.15, 0.2) is 164 Å². The highest BCUT2D eigenvalue weighted by Gasteiger charge is 2.52. The maximum Gasteiger partial charge on any atom is 0.164 e. The van der Waals surface area contributed by atoms with Gasteiger partial charge >= 0.3 is 0 Å². The monoisotopic (exact) mass is 819 g/mol. The van der Waals surface area contributed by atoms with Crippen LogP contribution in [0.2, 0.25) is 0 Å². The van der Waals surface area contributed by atoms with Crippen molar-refractivity contribution in [2.75, 3.05) is 0 Å². The van der Waals surface area contributed by atoms with E-state index in [1.165, 1.54) is 66.8 Å². The van der Waals surface area contributed by atoms with Crippen molar-refractivity contribution in [2.24, 2.45) is 0 Å². The lowest BCUT2D eigenvalue weighted by Crippen LogP contribution is -2.27. The third-order valence-electron chi connectivity index (χ3n) is 13.0. The minimum absolute atomic E-state index is 0.00667. The highest BCUT2D eigenvalue weighted by molar-refractivity contribution is 6.08. The summed E-state index contributed by atoms with van der Waals surface area (Å²) < 4.78 is 0. The molecule has 0 radical (unpaired) electrons. The zero-order chi connectivity index (χ0) is 44.3. The van der Waals surface area contributed by atoms with Gasteiger partial charge in [-0.25, -0.2) is 15.0 Å². The van der Waals surface area contributed by atoms with E-state index in [9.17, 15) is 0 Å². The third-order valence-corrected chi connectivity index (χ3v) is 13.0. The highest BCUT2D eigenvalue weighted by atomic mass is 15.0. The molecule has 0 fully saturated rings. The smallest absolute Gasteiger partial charge is 0.164 e. The molecule has 0 saturated heterocycles. The van der Waals surface area contributed by atoms with E-state index in [0.29, 0.717) is 17.5 Å². The Kier molecular flexibility index (Phi) is 10.5. The van der Waals surface area contributed by atoms with E-state index >= 15 is 0 Å². The molecule has 63 heavy (non-hydrogen) atoms. The maximum absolute atomic E-state index is 5.16. The third kappa shape index (κ3) is 6.68. The Labute approximate surface area is 374 Å². The van der Waals surface area contributed by atoms with Crippen LogP contribution in [0.5, 0.6) is 0 Å². The van der Waals surface area contributed by atoms with E-state index in [0.717, 1.165) is 27.5 Å². The zero-order valence-electron chi connectivity index (χ0n) is 38.4. The van der Waals surface area contributed by atoms with Gasteiger partial charge in [-0.15, -0.1) is 0 Å². The fourth-order valence-corrected chi connectivity index (χ4v) is 9.95. The van der Waals surface area contributed by atoms with Crippen molar-refractivity contribution in [3.63, 3.8) is 0 Å². The summed E-state index contributed by atoms with van der Waals surface area (Å²) in [6, 6.07) is 54.2. The Morgan fingerprint density at radius 1 is 0.460 bits per heavy atom. The summed E-state index contributed by atoms with van der Waals surface area (Å²) in [4.78, 5) is 15.3. The lowest BCUT2D eigenvalue weighted by atomic mass is 9.68. The van der Waals surface area contributed by atoms with Crippen LogP contribution < -0.4 is 0 Å². The summed E-state index contributed by atoms with van der Waals surface area (Å²) in [5, 5.41) is 2.26. The fourth-order valence-electron chi connectivity index (χ4n) is 9.95. The Morgan fingerprint density at radius 3 is 1.60 bits per heavy atom. The molecule has 0 aliphatic heterocycles. The minimum Gasteiger partial charge on any atom is -0.208 e. The average molecular weight is 820 g/mol. The molecule has 1 aromatic heterocycles. The average Bonchev–Trinajstić information content (AvgIpc) is 3.77. The molecule has 10 rings (SSSR count). The molecule has 1 heterocycles. The summed E-state index contributed by atoms with van der Waals surface area (Å²) in [6.45, 7) is 22.0. The van der Waals surface area contributed by atoms with Crippen molar-refractivity contribution >= 4 is 16.3 Å². The Hall–Kier alpha value is -6.71. The molecule has 0 saturated carbocycles. The van der Waals surface area contributed by atoms with E-state index < -0.39 is 5.41 Å². The predicted octanol–water partition coefficient (Wildman–Crippen LogP) is 16.0. The van der Waals surface area contributed by atoms with Gasteiger partial charge in [0.05, 0.1) is 5.41 Å². The van der Waals surface area contributed by atoms with Crippen molar-refractivity contribution < 1.29 is 0 Å². The second-order valence-corrected chi connectivity index (χ2v) is 18.7. The minimum atomic E-state index is -0.475. The van der Waals surface area contributed by atoms with Crippen molar-refractivity contribution in [3.05, 3.63) is 203 Å². The molecule has 2 aliphatic rings. The van der Waals surface area contributed by atoms with E-state index in [2.05, 4.69) is 181 Å². The number of nitrogens with zero attached hydrogens (tertiary/aromatic N) is 3. The summed E-state index contributed by atoms with van der Waals surface area (Å²) in [5.41, 5.74) is 18.2. The van der Waals surface area contributed by atoms with Gasteiger partial charge in [0.2, 0.25) is 0 Å². The lowest BCUT2D eigenvalue weighted by Gasteiger charge is -2.33. The molecule has 0 bridgehead atoms. The molecule has 8 aromatic rings. The Balaban J connectivity index is 0.00000249. The standard InChI is InChI=1S/C58H51N3.C2H6/c1-9-19-36(10-2)53-59-54(37-20-12-11-13-21-37)61-55(60-53)46-27-17-23-40-41(24-16-25-42(40)46)45-26-18-29-49-52(45)47-22-14-15-28-48(47)58(49)50-34-38(56(3,4)5)30-32-43(50)44-33-31-39(35-51(44)58)57(6,7)8;1-2/h9-35H,1-8H3;1-2H3/b19-9-,36-10+;. The van der Waals surface area contributed by atoms with E-state index in [1.807, 2.05) is 52.0 Å². The molecule has 3 heteroatoms. The molecule has 2 aliphatic carbocycles. The molecule has 0 atom stereocenters. The first-order chi connectivity index (χ1) is 30.4. The maximum atomic E-state index is 5.16. The van der Waals surface area contributed by atoms with Gasteiger partial charge in [-0.05, 0) is 102 Å². The van der Waals surface area contributed by atoms with Crippen LogP contribution in [0.25, 0.3) is 72.5 Å². The van der Waals surface area contributed by atoms with E-state index in [-0.39, 0.29) is 10.8 Å². The van der Waals surface area contributed by atoms with Gasteiger partial charge in [0.25, 0.3) is 0 Å². The molecular weight excluding hydrogens is 763 g/mol. The summed E-state index contributed by atoms with van der Waals surface area (Å²) in [7, 11) is 0. The van der Waals surface area contributed by atoms with E-state index in [4.69, 9.17) is 15.0 Å². The van der Waals surface area contributed by atoms with Crippen LogP contribution in [-0.2, 0) is 16.2 Å². The van der Waals surface area contributed by atoms with Gasteiger partial charge in [0.15, 0.2) is 17.5 Å². The summed E-state index contributed by atoms with van der Waals surface area (Å²) >= 11 is 0. The van der Waals surface area contributed by atoms with Gasteiger partial charge in [-0.1, -0.05) is 219 Å². The Morgan fingerprint density at radius 2 is 0.984 bits per heavy atom. The van der Waals surface area contributed by atoms with Crippen molar-refractivity contribution in [3.8, 4) is 56.2 Å². The molecule has 1 spiro atoms. The molecule has 0 unspecified atom stereocenters. The molecule has 7 aromatic carbocycles. The lowest BCUT2D eigenvalue weighted by molar-refractivity contribution is 0.586. The number of hydrogen-bond acceptors (Lipinski definition) is 3. The number of benzene rings is 7.